The first-order valence-electron chi connectivity index (χ1n) is 11.8. The summed E-state index contributed by atoms with van der Waals surface area (Å²) in [5, 5.41) is 8.11. The van der Waals surface area contributed by atoms with Crippen molar-refractivity contribution in [2.75, 3.05) is 13.1 Å². The van der Waals surface area contributed by atoms with Crippen LogP contribution in [0.15, 0.2) is 51.9 Å². The highest BCUT2D eigenvalue weighted by atomic mass is 35.5. The maximum atomic E-state index is 13.0. The summed E-state index contributed by atoms with van der Waals surface area (Å²) in [4.78, 5) is 36.8. The molecule has 0 spiro atoms. The molecule has 4 heterocycles. The zero-order chi connectivity index (χ0) is 27.0. The summed E-state index contributed by atoms with van der Waals surface area (Å²) >= 11 is 13.7. The van der Waals surface area contributed by atoms with Gasteiger partial charge in [0, 0.05) is 47.1 Å². The molecule has 38 heavy (non-hydrogen) atoms. The molecule has 3 aromatic rings. The van der Waals surface area contributed by atoms with Gasteiger partial charge in [-0.3, -0.25) is 9.59 Å². The van der Waals surface area contributed by atoms with Crippen molar-refractivity contribution in [2.45, 2.75) is 44.0 Å². The summed E-state index contributed by atoms with van der Waals surface area (Å²) in [6.45, 7) is 0.412. The van der Waals surface area contributed by atoms with Gasteiger partial charge in [0.25, 0.3) is 5.56 Å². The molecule has 1 atom stereocenters. The van der Waals surface area contributed by atoms with E-state index in [2.05, 4.69) is 5.16 Å². The molecule has 0 bridgehead atoms. The van der Waals surface area contributed by atoms with E-state index in [1.54, 1.807) is 23.1 Å². The summed E-state index contributed by atoms with van der Waals surface area (Å²) < 4.78 is 39.8. The summed E-state index contributed by atoms with van der Waals surface area (Å²) in [5.74, 6) is -0.256. The Morgan fingerprint density at radius 3 is 2.55 bits per heavy atom. The Bertz CT molecular complexity index is 1430. The Hall–Kier alpha value is -2.89. The second-order valence-electron chi connectivity index (χ2n) is 9.12. The van der Waals surface area contributed by atoms with Gasteiger partial charge in [0.2, 0.25) is 5.91 Å². The zero-order valence-corrected chi connectivity index (χ0v) is 22.1. The second kappa shape index (κ2) is 10.7. The molecule has 0 radical (unpaired) electrons. The maximum absolute atomic E-state index is 13.0. The van der Waals surface area contributed by atoms with Crippen molar-refractivity contribution in [3.63, 3.8) is 0 Å². The van der Waals surface area contributed by atoms with Crippen molar-refractivity contribution in [3.8, 4) is 0 Å². The number of alkyl halides is 3. The number of halogens is 5. The molecule has 1 fully saturated rings. The molecule has 1 saturated heterocycles. The molecule has 0 N–H and O–H groups in total. The Morgan fingerprint density at radius 1 is 1.16 bits per heavy atom. The molecule has 1 aromatic carbocycles. The van der Waals surface area contributed by atoms with E-state index < -0.39 is 29.8 Å². The fourth-order valence-electron chi connectivity index (χ4n) is 4.57. The highest BCUT2D eigenvalue weighted by Gasteiger charge is 2.35. The first-order chi connectivity index (χ1) is 18.1. The third kappa shape index (κ3) is 5.74. The molecule has 0 saturated carbocycles. The number of carbonyl (C=O) groups is 1. The van der Waals surface area contributed by atoms with Crippen LogP contribution >= 0.6 is 34.5 Å². The number of amides is 1. The minimum Gasteiger partial charge on any atom is -0.387 e. The van der Waals surface area contributed by atoms with Crippen LogP contribution in [0.2, 0.25) is 10.0 Å². The lowest BCUT2D eigenvalue weighted by Crippen LogP contribution is -2.41. The lowest BCUT2D eigenvalue weighted by Gasteiger charge is -2.31. The molecule has 5 rings (SSSR count). The van der Waals surface area contributed by atoms with Gasteiger partial charge in [0.1, 0.15) is 17.8 Å². The van der Waals surface area contributed by atoms with Crippen LogP contribution in [0, 0.1) is 0 Å². The minimum absolute atomic E-state index is 0.138. The Kier molecular flexibility index (Phi) is 7.52. The number of hydrogen-bond donors (Lipinski definition) is 0. The highest BCUT2D eigenvalue weighted by molar-refractivity contribution is 7.10. The second-order valence-corrected chi connectivity index (χ2v) is 10.9. The number of thiazole rings is 1. The molecule has 1 amide bonds. The van der Waals surface area contributed by atoms with Crippen LogP contribution < -0.4 is 5.56 Å². The van der Waals surface area contributed by atoms with Crippen molar-refractivity contribution >= 4 is 46.2 Å². The topological polar surface area (TPSA) is 76.8 Å². The van der Waals surface area contributed by atoms with Gasteiger partial charge >= 0.3 is 6.18 Å². The van der Waals surface area contributed by atoms with Gasteiger partial charge in [-0.05, 0) is 48.7 Å². The molecule has 0 aliphatic carbocycles. The van der Waals surface area contributed by atoms with E-state index in [0.717, 1.165) is 32.6 Å². The first kappa shape index (κ1) is 26.7. The normalized spacial score (nSPS) is 18.4. The number of carbonyl (C=O) groups excluding carboxylic acids is 1. The van der Waals surface area contributed by atoms with Crippen LogP contribution in [-0.2, 0) is 22.4 Å². The lowest BCUT2D eigenvalue weighted by molar-refractivity contribution is -0.139. The number of benzene rings is 1. The molecular formula is C25H21Cl2F3N4O3S. The average Bonchev–Trinajstić information content (AvgIpc) is 3.54. The average molecular weight is 585 g/mol. The summed E-state index contributed by atoms with van der Waals surface area (Å²) in [5.41, 5.74) is -0.207. The number of aromatic nitrogens is 2. The van der Waals surface area contributed by atoms with E-state index in [4.69, 9.17) is 33.0 Å². The van der Waals surface area contributed by atoms with Gasteiger partial charge in [-0.25, -0.2) is 4.98 Å². The number of rotatable bonds is 5. The predicted octanol–water partition coefficient (Wildman–Crippen LogP) is 5.90. The van der Waals surface area contributed by atoms with E-state index in [-0.39, 0.29) is 12.0 Å². The first-order valence-corrected chi connectivity index (χ1v) is 13.4. The van der Waals surface area contributed by atoms with Crippen LogP contribution in [0.3, 0.4) is 0 Å². The van der Waals surface area contributed by atoms with Crippen molar-refractivity contribution < 1.29 is 22.8 Å². The molecule has 7 nitrogen and oxygen atoms in total. The Morgan fingerprint density at radius 2 is 1.87 bits per heavy atom. The number of hydrogen-bond acceptors (Lipinski definition) is 6. The van der Waals surface area contributed by atoms with Gasteiger partial charge in [0.15, 0.2) is 6.10 Å². The number of nitrogens with zero attached hydrogens (tertiary/aromatic N) is 4. The van der Waals surface area contributed by atoms with Crippen LogP contribution in [0.1, 0.15) is 53.1 Å². The standard InChI is InChI=1S/C25H21Cl2F3N4O3S/c26-16-8-15(9-17(27)10-16)21-11-19(32-37-21)20-13-38-23(31-20)14-3-6-33(7-4-14)22(35)12-34-5-1-2-18(24(34)36)25(28,29)30/h1-2,5,8-10,13-14,21H,3-4,6-7,11-12H2. The van der Waals surface area contributed by atoms with E-state index in [0.29, 0.717) is 48.5 Å². The monoisotopic (exact) mass is 584 g/mol. The molecule has 2 aliphatic heterocycles. The van der Waals surface area contributed by atoms with Crippen LogP contribution in [-0.4, -0.2) is 39.2 Å². The minimum atomic E-state index is -4.77. The highest BCUT2D eigenvalue weighted by Crippen LogP contribution is 2.35. The SMILES string of the molecule is O=C(Cn1cccc(C(F)(F)F)c1=O)N1CCC(c2nc(C3=NOC(c4cc(Cl)cc(Cl)c4)C3)cs2)CC1. The molecular weight excluding hydrogens is 564 g/mol. The number of likely N-dealkylation sites (tertiary alicyclic amines) is 1. The third-order valence-corrected chi connectivity index (χ3v) is 8.01. The molecule has 1 unspecified atom stereocenters. The fourth-order valence-corrected chi connectivity index (χ4v) is 6.12. The molecule has 2 aromatic heterocycles. The van der Waals surface area contributed by atoms with E-state index >= 15 is 0 Å². The summed E-state index contributed by atoms with van der Waals surface area (Å²) in [6, 6.07) is 7.08. The van der Waals surface area contributed by atoms with Crippen molar-refractivity contribution in [1.82, 2.24) is 14.5 Å². The number of piperidine rings is 1. The maximum Gasteiger partial charge on any atom is 0.421 e. The van der Waals surface area contributed by atoms with Crippen molar-refractivity contribution in [2.24, 2.45) is 5.16 Å². The predicted molar refractivity (Wildman–Crippen MR) is 138 cm³/mol. The van der Waals surface area contributed by atoms with Gasteiger partial charge in [-0.2, -0.15) is 13.2 Å². The lowest BCUT2D eigenvalue weighted by atomic mass is 9.97. The number of oxime groups is 1. The molecule has 13 heteroatoms. The van der Waals surface area contributed by atoms with E-state index in [1.165, 1.54) is 17.5 Å². The smallest absolute Gasteiger partial charge is 0.387 e. The Balaban J connectivity index is 1.17. The van der Waals surface area contributed by atoms with Crippen LogP contribution in [0.5, 0.6) is 0 Å². The van der Waals surface area contributed by atoms with Crippen LogP contribution in [0.25, 0.3) is 0 Å². The Labute approximate surface area is 229 Å². The zero-order valence-electron chi connectivity index (χ0n) is 19.8. The summed E-state index contributed by atoms with van der Waals surface area (Å²) in [7, 11) is 0. The third-order valence-electron chi connectivity index (χ3n) is 6.57. The molecule has 200 valence electrons. The van der Waals surface area contributed by atoms with Crippen molar-refractivity contribution in [1.29, 1.82) is 0 Å². The number of pyridine rings is 1. The van der Waals surface area contributed by atoms with Crippen LogP contribution in [0.4, 0.5) is 13.2 Å². The fraction of sp³-hybridized carbons (Fsp3) is 0.360. The largest absolute Gasteiger partial charge is 0.421 e. The summed E-state index contributed by atoms with van der Waals surface area (Å²) in [6.07, 6.45) is -2.04. The quantitative estimate of drug-likeness (QED) is 0.374. The van der Waals surface area contributed by atoms with Gasteiger partial charge in [-0.1, -0.05) is 28.4 Å². The van der Waals surface area contributed by atoms with E-state index in [1.807, 2.05) is 5.38 Å². The van der Waals surface area contributed by atoms with Gasteiger partial charge in [0.05, 0.1) is 10.7 Å². The van der Waals surface area contributed by atoms with Gasteiger partial charge in [-0.15, -0.1) is 11.3 Å². The molecule has 2 aliphatic rings. The van der Waals surface area contributed by atoms with Crippen molar-refractivity contribution in [3.05, 3.63) is 84.1 Å². The van der Waals surface area contributed by atoms with E-state index in [9.17, 15) is 22.8 Å². The van der Waals surface area contributed by atoms with Gasteiger partial charge < -0.3 is 14.3 Å².